The molecule has 1 aromatic carbocycles. The third kappa shape index (κ3) is 4.64. The minimum absolute atomic E-state index is 0.0359. The lowest BCUT2D eigenvalue weighted by Gasteiger charge is -2.05. The van der Waals surface area contributed by atoms with Crippen LogP contribution in [0.4, 0.5) is 5.69 Å². The van der Waals surface area contributed by atoms with Crippen LogP contribution in [0.2, 0.25) is 0 Å². The van der Waals surface area contributed by atoms with Crippen LogP contribution in [0.1, 0.15) is 4.88 Å². The van der Waals surface area contributed by atoms with Gasteiger partial charge in [-0.05, 0) is 28.1 Å². The number of thiophene rings is 1. The van der Waals surface area contributed by atoms with E-state index in [1.54, 1.807) is 6.07 Å². The van der Waals surface area contributed by atoms with E-state index < -0.39 is 10.8 Å². The van der Waals surface area contributed by atoms with E-state index in [-0.39, 0.29) is 18.0 Å². The van der Waals surface area contributed by atoms with Gasteiger partial charge in [-0.3, -0.25) is 14.9 Å². The molecule has 0 aliphatic carbocycles. The Labute approximate surface area is 137 Å². The van der Waals surface area contributed by atoms with Crippen molar-refractivity contribution in [3.8, 4) is 5.75 Å². The first-order valence-electron chi connectivity index (χ1n) is 5.98. The Morgan fingerprint density at radius 2 is 2.27 bits per heavy atom. The topological polar surface area (TPSA) is 93.8 Å². The predicted octanol–water partition coefficient (Wildman–Crippen LogP) is 2.95. The number of nitro benzene ring substituents is 1. The minimum Gasteiger partial charge on any atom is -0.477 e. The molecule has 114 valence electrons. The number of hydrogen-bond acceptors (Lipinski definition) is 6. The SMILES string of the molecule is O=C(COc1ccccc1[N+](=O)[O-])NN=Cc1cc(Br)cs1. The Hall–Kier alpha value is -2.26. The monoisotopic (exact) mass is 383 g/mol. The molecule has 1 N–H and O–H groups in total. The second-order valence-electron chi connectivity index (χ2n) is 3.97. The summed E-state index contributed by atoms with van der Waals surface area (Å²) in [5.41, 5.74) is 2.09. The summed E-state index contributed by atoms with van der Waals surface area (Å²) in [6, 6.07) is 7.70. The highest BCUT2D eigenvalue weighted by atomic mass is 79.9. The van der Waals surface area contributed by atoms with Gasteiger partial charge in [0.05, 0.1) is 11.1 Å². The van der Waals surface area contributed by atoms with Crippen molar-refractivity contribution >= 4 is 45.1 Å². The molecule has 1 heterocycles. The molecule has 0 aliphatic heterocycles. The summed E-state index contributed by atoms with van der Waals surface area (Å²) < 4.78 is 6.07. The molecule has 2 aromatic rings. The number of ether oxygens (including phenoxy) is 1. The maximum atomic E-state index is 11.6. The highest BCUT2D eigenvalue weighted by Crippen LogP contribution is 2.25. The lowest BCUT2D eigenvalue weighted by Crippen LogP contribution is -2.24. The van der Waals surface area contributed by atoms with E-state index in [1.165, 1.54) is 35.8 Å². The molecule has 7 nitrogen and oxygen atoms in total. The van der Waals surface area contributed by atoms with Gasteiger partial charge in [-0.1, -0.05) is 12.1 Å². The molecule has 1 amide bonds. The summed E-state index contributed by atoms with van der Waals surface area (Å²) >= 11 is 4.77. The normalized spacial score (nSPS) is 10.6. The largest absolute Gasteiger partial charge is 0.477 e. The van der Waals surface area contributed by atoms with Crippen molar-refractivity contribution in [1.29, 1.82) is 0 Å². The molecule has 0 aliphatic rings. The number of amides is 1. The number of halogens is 1. The number of rotatable bonds is 6. The number of nitro groups is 1. The van der Waals surface area contributed by atoms with Crippen molar-refractivity contribution in [2.24, 2.45) is 5.10 Å². The van der Waals surface area contributed by atoms with Gasteiger partial charge in [0.1, 0.15) is 0 Å². The third-order valence-corrected chi connectivity index (χ3v) is 4.02. The highest BCUT2D eigenvalue weighted by Gasteiger charge is 2.14. The van der Waals surface area contributed by atoms with Crippen molar-refractivity contribution < 1.29 is 14.5 Å². The van der Waals surface area contributed by atoms with Gasteiger partial charge in [0.25, 0.3) is 5.91 Å². The number of carbonyl (C=O) groups is 1. The summed E-state index contributed by atoms with van der Waals surface area (Å²) in [4.78, 5) is 22.7. The van der Waals surface area contributed by atoms with Crippen molar-refractivity contribution in [2.75, 3.05) is 6.61 Å². The van der Waals surface area contributed by atoms with E-state index in [4.69, 9.17) is 4.74 Å². The molecular weight excluding hydrogens is 374 g/mol. The fraction of sp³-hybridized carbons (Fsp3) is 0.0769. The maximum Gasteiger partial charge on any atom is 0.310 e. The van der Waals surface area contributed by atoms with Gasteiger partial charge in [-0.2, -0.15) is 5.10 Å². The smallest absolute Gasteiger partial charge is 0.310 e. The molecule has 0 radical (unpaired) electrons. The second-order valence-corrected chi connectivity index (χ2v) is 5.83. The van der Waals surface area contributed by atoms with E-state index in [9.17, 15) is 14.9 Å². The first kappa shape index (κ1) is 16.1. The zero-order valence-corrected chi connectivity index (χ0v) is 13.5. The molecular formula is C13H10BrN3O4S. The van der Waals surface area contributed by atoms with Crippen LogP contribution in [0.25, 0.3) is 0 Å². The number of hydrogen-bond donors (Lipinski definition) is 1. The molecule has 9 heteroatoms. The van der Waals surface area contributed by atoms with E-state index in [2.05, 4.69) is 26.5 Å². The lowest BCUT2D eigenvalue weighted by atomic mass is 10.3. The maximum absolute atomic E-state index is 11.6. The number of nitrogens with zero attached hydrogens (tertiary/aromatic N) is 2. The average molecular weight is 384 g/mol. The Kier molecular flexibility index (Phi) is 5.61. The van der Waals surface area contributed by atoms with Crippen molar-refractivity contribution in [3.63, 3.8) is 0 Å². The first-order chi connectivity index (χ1) is 10.6. The van der Waals surface area contributed by atoms with Gasteiger partial charge in [-0.15, -0.1) is 11.3 Å². The molecule has 0 saturated carbocycles. The fourth-order valence-electron chi connectivity index (χ4n) is 1.47. The number of nitrogens with one attached hydrogen (secondary N) is 1. The summed E-state index contributed by atoms with van der Waals surface area (Å²) in [7, 11) is 0. The number of benzene rings is 1. The molecule has 0 atom stereocenters. The van der Waals surface area contributed by atoms with Crippen molar-refractivity contribution in [1.82, 2.24) is 5.43 Å². The van der Waals surface area contributed by atoms with Gasteiger partial charge >= 0.3 is 5.69 Å². The Balaban J connectivity index is 1.85. The van der Waals surface area contributed by atoms with Crippen LogP contribution in [-0.2, 0) is 4.79 Å². The Bertz CT molecular complexity index is 717. The zero-order valence-electron chi connectivity index (χ0n) is 11.1. The summed E-state index contributed by atoms with van der Waals surface area (Å²) in [5.74, 6) is -0.473. The second kappa shape index (κ2) is 7.66. The Morgan fingerprint density at radius 1 is 1.50 bits per heavy atom. The van der Waals surface area contributed by atoms with Crippen molar-refractivity contribution in [3.05, 3.63) is 55.2 Å². The molecule has 0 spiro atoms. The van der Waals surface area contributed by atoms with Crippen molar-refractivity contribution in [2.45, 2.75) is 0 Å². The van der Waals surface area contributed by atoms with E-state index in [0.29, 0.717) is 0 Å². The Morgan fingerprint density at radius 3 is 2.95 bits per heavy atom. The van der Waals surface area contributed by atoms with Crippen LogP contribution in [0.15, 0.2) is 45.3 Å². The summed E-state index contributed by atoms with van der Waals surface area (Å²) in [6.45, 7) is -0.365. The first-order valence-corrected chi connectivity index (χ1v) is 7.65. The minimum atomic E-state index is -0.569. The van der Waals surface area contributed by atoms with Gasteiger partial charge in [0.15, 0.2) is 12.4 Å². The van der Waals surface area contributed by atoms with Crippen LogP contribution in [0.5, 0.6) is 5.75 Å². The van der Waals surface area contributed by atoms with Gasteiger partial charge in [0, 0.05) is 20.8 Å². The third-order valence-electron chi connectivity index (χ3n) is 2.39. The molecule has 0 bridgehead atoms. The molecule has 22 heavy (non-hydrogen) atoms. The van der Waals surface area contributed by atoms with Crippen LogP contribution in [0.3, 0.4) is 0 Å². The molecule has 0 fully saturated rings. The predicted molar refractivity (Wildman–Crippen MR) is 86.3 cm³/mol. The van der Waals surface area contributed by atoms with Crippen LogP contribution in [0, 0.1) is 10.1 Å². The number of carbonyl (C=O) groups excluding carboxylic acids is 1. The molecule has 0 saturated heterocycles. The standard InChI is InChI=1S/C13H10BrN3O4S/c14-9-5-10(22-8-9)6-15-16-13(18)7-21-12-4-2-1-3-11(12)17(19)20/h1-6,8H,7H2,(H,16,18). The summed E-state index contributed by atoms with van der Waals surface area (Å²) in [5, 5.41) is 16.5. The van der Waals surface area contributed by atoms with Crippen LogP contribution < -0.4 is 10.2 Å². The summed E-state index contributed by atoms with van der Waals surface area (Å²) in [6.07, 6.45) is 1.50. The highest BCUT2D eigenvalue weighted by molar-refractivity contribution is 9.10. The van der Waals surface area contributed by atoms with E-state index in [1.807, 2.05) is 11.4 Å². The quantitative estimate of drug-likeness (QED) is 0.471. The van der Waals surface area contributed by atoms with Crippen LogP contribution in [-0.4, -0.2) is 23.7 Å². The molecule has 1 aromatic heterocycles. The number of hydrazone groups is 1. The number of para-hydroxylation sites is 2. The van der Waals surface area contributed by atoms with E-state index >= 15 is 0 Å². The lowest BCUT2D eigenvalue weighted by molar-refractivity contribution is -0.385. The van der Waals surface area contributed by atoms with Gasteiger partial charge < -0.3 is 4.74 Å². The van der Waals surface area contributed by atoms with Gasteiger partial charge in [0.2, 0.25) is 0 Å². The molecule has 2 rings (SSSR count). The molecule has 0 unspecified atom stereocenters. The average Bonchev–Trinajstić information content (AvgIpc) is 2.91. The van der Waals surface area contributed by atoms with Crippen LogP contribution >= 0.6 is 27.3 Å². The van der Waals surface area contributed by atoms with E-state index in [0.717, 1.165) is 9.35 Å². The van der Waals surface area contributed by atoms with Gasteiger partial charge in [-0.25, -0.2) is 5.43 Å². The fourth-order valence-corrected chi connectivity index (χ4v) is 2.77. The zero-order chi connectivity index (χ0) is 15.9.